The Hall–Kier alpha value is -0.780. The van der Waals surface area contributed by atoms with E-state index in [0.717, 1.165) is 0 Å². The largest absolute Gasteiger partial charge is 0.444 e. The lowest BCUT2D eigenvalue weighted by atomic mass is 10.1. The number of ether oxygens (including phenoxy) is 1. The van der Waals surface area contributed by atoms with Crippen molar-refractivity contribution in [2.24, 2.45) is 0 Å². The van der Waals surface area contributed by atoms with Gasteiger partial charge in [0.15, 0.2) is 0 Å². The predicted molar refractivity (Wildman–Crippen MR) is 77.4 cm³/mol. The van der Waals surface area contributed by atoms with E-state index in [1.807, 2.05) is 34.6 Å². The molecule has 6 heteroatoms. The summed E-state index contributed by atoms with van der Waals surface area (Å²) < 4.78 is 4.76. The van der Waals surface area contributed by atoms with Crippen LogP contribution in [-0.2, 0) is 9.53 Å². The van der Waals surface area contributed by atoms with Gasteiger partial charge in [-0.1, -0.05) is 15.9 Å². The van der Waals surface area contributed by atoms with Gasteiger partial charge in [-0.2, -0.15) is 0 Å². The lowest BCUT2D eigenvalue weighted by Gasteiger charge is -2.37. The Morgan fingerprint density at radius 2 is 1.37 bits per heavy atom. The summed E-state index contributed by atoms with van der Waals surface area (Å²) >= 11 is 3.37. The van der Waals surface area contributed by atoms with E-state index in [0.29, 0.717) is 26.2 Å². The molecule has 0 aromatic carbocycles. The van der Waals surface area contributed by atoms with Gasteiger partial charge in [-0.15, -0.1) is 0 Å². The molecule has 1 aliphatic rings. The highest BCUT2D eigenvalue weighted by Gasteiger charge is 2.33. The summed E-state index contributed by atoms with van der Waals surface area (Å²) in [6, 6.07) is 0. The van der Waals surface area contributed by atoms with Crippen molar-refractivity contribution in [2.45, 2.75) is 44.5 Å². The molecule has 0 aromatic heterocycles. The molecule has 0 N–H and O–H groups in total. The molecule has 2 amide bonds. The minimum Gasteiger partial charge on any atom is -0.444 e. The average Bonchev–Trinajstić information content (AvgIpc) is 2.24. The Balaban J connectivity index is 2.50. The summed E-state index contributed by atoms with van der Waals surface area (Å²) in [5.41, 5.74) is -0.484. The number of nitrogens with zero attached hydrogens (tertiary/aromatic N) is 2. The van der Waals surface area contributed by atoms with Gasteiger partial charge in [0.2, 0.25) is 5.91 Å². The molecule has 1 aliphatic heterocycles. The van der Waals surface area contributed by atoms with Crippen LogP contribution in [-0.4, -0.2) is 57.9 Å². The van der Waals surface area contributed by atoms with E-state index in [4.69, 9.17) is 4.74 Å². The summed E-state index contributed by atoms with van der Waals surface area (Å²) in [4.78, 5) is 27.4. The van der Waals surface area contributed by atoms with E-state index in [-0.39, 0.29) is 12.0 Å². The standard InChI is InChI=1S/C13H23BrN2O3/c1-12(2,3)19-11(18)16-8-6-15(7-9-16)10(17)13(4,5)14/h6-9H2,1-5H3. The van der Waals surface area contributed by atoms with E-state index >= 15 is 0 Å². The van der Waals surface area contributed by atoms with E-state index in [2.05, 4.69) is 15.9 Å². The lowest BCUT2D eigenvalue weighted by Crippen LogP contribution is -2.54. The first-order valence-corrected chi connectivity index (χ1v) is 7.26. The third kappa shape index (κ3) is 5.01. The maximum absolute atomic E-state index is 12.1. The van der Waals surface area contributed by atoms with Crippen molar-refractivity contribution in [1.82, 2.24) is 9.80 Å². The van der Waals surface area contributed by atoms with Gasteiger partial charge in [0.05, 0.1) is 4.32 Å². The van der Waals surface area contributed by atoms with Gasteiger partial charge in [0.1, 0.15) is 5.60 Å². The molecule has 0 radical (unpaired) electrons. The van der Waals surface area contributed by atoms with Crippen LogP contribution < -0.4 is 0 Å². The molecule has 5 nitrogen and oxygen atoms in total. The van der Waals surface area contributed by atoms with Crippen LogP contribution >= 0.6 is 15.9 Å². The number of hydrogen-bond donors (Lipinski definition) is 0. The number of alkyl halides is 1. The molecule has 0 aromatic rings. The van der Waals surface area contributed by atoms with Crippen molar-refractivity contribution in [3.8, 4) is 0 Å². The van der Waals surface area contributed by atoms with Crippen LogP contribution in [0.3, 0.4) is 0 Å². The number of carbonyl (C=O) groups excluding carboxylic acids is 2. The topological polar surface area (TPSA) is 49.9 Å². The molecule has 0 atom stereocenters. The summed E-state index contributed by atoms with van der Waals surface area (Å²) in [5.74, 6) is 0.0522. The van der Waals surface area contributed by atoms with Crippen LogP contribution in [0.1, 0.15) is 34.6 Å². The van der Waals surface area contributed by atoms with Gasteiger partial charge in [0.25, 0.3) is 0 Å². The SMILES string of the molecule is CC(C)(C)OC(=O)N1CCN(C(=O)C(C)(C)Br)CC1. The zero-order chi connectivity index (χ0) is 14.8. The van der Waals surface area contributed by atoms with E-state index in [1.165, 1.54) is 0 Å². The number of carbonyl (C=O) groups is 2. The summed E-state index contributed by atoms with van der Waals surface area (Å²) in [6.07, 6.45) is -0.308. The first kappa shape index (κ1) is 16.3. The van der Waals surface area contributed by atoms with Gasteiger partial charge >= 0.3 is 6.09 Å². The Bertz CT molecular complexity index is 350. The molecule has 110 valence electrons. The number of amides is 2. The van der Waals surface area contributed by atoms with Crippen molar-refractivity contribution in [3.05, 3.63) is 0 Å². The predicted octanol–water partition coefficient (Wildman–Crippen LogP) is 2.24. The van der Waals surface area contributed by atoms with E-state index < -0.39 is 9.93 Å². The minimum atomic E-state index is -0.554. The fourth-order valence-electron chi connectivity index (χ4n) is 1.79. The van der Waals surface area contributed by atoms with E-state index in [9.17, 15) is 9.59 Å². The highest BCUT2D eigenvalue weighted by Crippen LogP contribution is 2.20. The van der Waals surface area contributed by atoms with Crippen molar-refractivity contribution in [2.75, 3.05) is 26.2 Å². The third-order valence-electron chi connectivity index (χ3n) is 2.73. The fraction of sp³-hybridized carbons (Fsp3) is 0.846. The first-order chi connectivity index (χ1) is 8.50. The third-order valence-corrected chi connectivity index (χ3v) is 3.07. The van der Waals surface area contributed by atoms with E-state index in [1.54, 1.807) is 9.80 Å². The van der Waals surface area contributed by atoms with Crippen molar-refractivity contribution < 1.29 is 14.3 Å². The van der Waals surface area contributed by atoms with Crippen molar-refractivity contribution in [1.29, 1.82) is 0 Å². The van der Waals surface area contributed by atoms with Crippen molar-refractivity contribution >= 4 is 27.9 Å². The second-order valence-electron chi connectivity index (χ2n) is 6.23. The van der Waals surface area contributed by atoms with Crippen molar-refractivity contribution in [3.63, 3.8) is 0 Å². The Morgan fingerprint density at radius 3 is 1.74 bits per heavy atom. The normalized spacial score (nSPS) is 17.4. The number of piperazine rings is 1. The van der Waals surface area contributed by atoms with Crippen LogP contribution in [0.4, 0.5) is 4.79 Å². The number of hydrogen-bond acceptors (Lipinski definition) is 3. The quantitative estimate of drug-likeness (QED) is 0.691. The molecule has 1 heterocycles. The van der Waals surface area contributed by atoms with Crippen LogP contribution in [0.25, 0.3) is 0 Å². The molecule has 0 aliphatic carbocycles. The highest BCUT2D eigenvalue weighted by molar-refractivity contribution is 9.10. The van der Waals surface area contributed by atoms with Gasteiger partial charge in [-0.05, 0) is 34.6 Å². The van der Waals surface area contributed by atoms with Gasteiger partial charge in [-0.3, -0.25) is 4.79 Å². The number of rotatable bonds is 1. The Morgan fingerprint density at radius 1 is 0.947 bits per heavy atom. The van der Waals surface area contributed by atoms with Gasteiger partial charge < -0.3 is 14.5 Å². The first-order valence-electron chi connectivity index (χ1n) is 6.47. The van der Waals surface area contributed by atoms with Crippen LogP contribution in [0, 0.1) is 0 Å². The van der Waals surface area contributed by atoms with Crippen LogP contribution in [0.2, 0.25) is 0 Å². The molecular weight excluding hydrogens is 312 g/mol. The summed E-state index contributed by atoms with van der Waals surface area (Å²) in [7, 11) is 0. The highest BCUT2D eigenvalue weighted by atomic mass is 79.9. The molecule has 1 fully saturated rings. The van der Waals surface area contributed by atoms with Crippen LogP contribution in [0.5, 0.6) is 0 Å². The molecular formula is C13H23BrN2O3. The second kappa shape index (κ2) is 5.69. The fourth-order valence-corrected chi connectivity index (χ4v) is 2.05. The summed E-state index contributed by atoms with van der Waals surface area (Å²) in [6.45, 7) is 11.3. The second-order valence-corrected chi connectivity index (χ2v) is 8.21. The molecule has 1 rings (SSSR count). The number of halogens is 1. The lowest BCUT2D eigenvalue weighted by molar-refractivity contribution is -0.134. The average molecular weight is 335 g/mol. The molecule has 19 heavy (non-hydrogen) atoms. The molecule has 0 spiro atoms. The Labute approximate surface area is 123 Å². The van der Waals surface area contributed by atoms with Gasteiger partial charge in [-0.25, -0.2) is 4.79 Å². The molecule has 0 bridgehead atoms. The zero-order valence-electron chi connectivity index (χ0n) is 12.3. The monoisotopic (exact) mass is 334 g/mol. The summed E-state index contributed by atoms with van der Waals surface area (Å²) in [5, 5.41) is 0. The smallest absolute Gasteiger partial charge is 0.410 e. The zero-order valence-corrected chi connectivity index (χ0v) is 13.9. The Kier molecular flexibility index (Phi) is 4.87. The molecule has 0 saturated carbocycles. The van der Waals surface area contributed by atoms with Gasteiger partial charge in [0, 0.05) is 26.2 Å². The molecule has 1 saturated heterocycles. The van der Waals surface area contributed by atoms with Crippen LogP contribution in [0.15, 0.2) is 0 Å². The minimum absolute atomic E-state index is 0.0522. The molecule has 0 unspecified atom stereocenters. The maximum atomic E-state index is 12.1. The maximum Gasteiger partial charge on any atom is 0.410 e.